The Morgan fingerprint density at radius 1 is 1.31 bits per heavy atom. The van der Waals surface area contributed by atoms with Crippen molar-refractivity contribution in [3.63, 3.8) is 0 Å². The van der Waals surface area contributed by atoms with E-state index in [1.54, 1.807) is 0 Å². The lowest BCUT2D eigenvalue weighted by Crippen LogP contribution is -2.32. The first-order valence-corrected chi connectivity index (χ1v) is 7.33. The first-order chi connectivity index (χ1) is 7.45. The van der Waals surface area contributed by atoms with Crippen LogP contribution in [0.3, 0.4) is 0 Å². The lowest BCUT2D eigenvalue weighted by Gasteiger charge is -2.04. The normalized spacial score (nSPS) is 12.8. The minimum atomic E-state index is -3.09. The van der Waals surface area contributed by atoms with Gasteiger partial charge in [-0.25, -0.2) is 13.1 Å². The molecule has 0 aliphatic carbocycles. The van der Waals surface area contributed by atoms with Crippen molar-refractivity contribution in [1.82, 2.24) is 10.0 Å². The van der Waals surface area contributed by atoms with Gasteiger partial charge in [0.25, 0.3) is 0 Å². The van der Waals surface area contributed by atoms with Gasteiger partial charge in [-0.1, -0.05) is 13.3 Å². The van der Waals surface area contributed by atoms with E-state index in [9.17, 15) is 8.42 Å². The van der Waals surface area contributed by atoms with Gasteiger partial charge in [0, 0.05) is 19.6 Å². The van der Waals surface area contributed by atoms with Crippen molar-refractivity contribution in [3.05, 3.63) is 0 Å². The zero-order valence-corrected chi connectivity index (χ0v) is 10.8. The Hall–Kier alpha value is -0.820. The zero-order chi connectivity index (χ0) is 12.4. The van der Waals surface area contributed by atoms with Gasteiger partial charge in [0.15, 0.2) is 5.96 Å². The fourth-order valence-electron chi connectivity index (χ4n) is 0.985. The molecule has 0 fully saturated rings. The fraction of sp³-hybridized carbons (Fsp3) is 0.889. The van der Waals surface area contributed by atoms with Gasteiger partial charge in [0.1, 0.15) is 0 Å². The van der Waals surface area contributed by atoms with Crippen LogP contribution in [0.5, 0.6) is 0 Å². The highest BCUT2D eigenvalue weighted by Gasteiger charge is 1.98. The lowest BCUT2D eigenvalue weighted by molar-refractivity contribution is 0.586. The third-order valence-corrected chi connectivity index (χ3v) is 2.55. The number of unbranched alkanes of at least 4 members (excludes halogenated alkanes) is 1. The molecular weight excluding hydrogens is 228 g/mol. The minimum Gasteiger partial charge on any atom is -0.370 e. The summed E-state index contributed by atoms with van der Waals surface area (Å²) in [6, 6.07) is 0. The maximum Gasteiger partial charge on any atom is 0.208 e. The average Bonchev–Trinajstić information content (AvgIpc) is 2.16. The molecule has 0 aromatic heterocycles. The molecule has 0 aromatic rings. The summed E-state index contributed by atoms with van der Waals surface area (Å²) < 4.78 is 23.8. The SMILES string of the molecule is CCCCNC(N)=NCCCNS(C)(=O)=O. The van der Waals surface area contributed by atoms with Crippen molar-refractivity contribution in [2.24, 2.45) is 10.7 Å². The average molecular weight is 250 g/mol. The van der Waals surface area contributed by atoms with Crippen molar-refractivity contribution in [2.75, 3.05) is 25.9 Å². The molecule has 4 N–H and O–H groups in total. The third kappa shape index (κ3) is 11.3. The Kier molecular flexibility index (Phi) is 7.92. The number of aliphatic imine (C=N–C) groups is 1. The van der Waals surface area contributed by atoms with Crippen LogP contribution >= 0.6 is 0 Å². The highest BCUT2D eigenvalue weighted by Crippen LogP contribution is 1.84. The molecule has 0 heterocycles. The predicted molar refractivity (Wildman–Crippen MR) is 66.9 cm³/mol. The van der Waals surface area contributed by atoms with Crippen LogP contribution in [0.15, 0.2) is 4.99 Å². The van der Waals surface area contributed by atoms with Gasteiger partial charge in [-0.3, -0.25) is 4.99 Å². The zero-order valence-electron chi connectivity index (χ0n) is 9.99. The smallest absolute Gasteiger partial charge is 0.208 e. The van der Waals surface area contributed by atoms with Crippen molar-refractivity contribution < 1.29 is 8.42 Å². The molecule has 0 aliphatic rings. The summed E-state index contributed by atoms with van der Waals surface area (Å²) in [4.78, 5) is 4.06. The molecule has 0 saturated carbocycles. The number of sulfonamides is 1. The summed E-state index contributed by atoms with van der Waals surface area (Å²) in [5.74, 6) is 0.424. The second-order valence-electron chi connectivity index (χ2n) is 3.57. The summed E-state index contributed by atoms with van der Waals surface area (Å²) in [6.45, 7) is 3.84. The molecule has 0 aromatic carbocycles. The summed E-state index contributed by atoms with van der Waals surface area (Å²) in [6.07, 6.45) is 3.95. The van der Waals surface area contributed by atoms with Crippen LogP contribution in [0.25, 0.3) is 0 Å². The highest BCUT2D eigenvalue weighted by atomic mass is 32.2. The van der Waals surface area contributed by atoms with Crippen molar-refractivity contribution >= 4 is 16.0 Å². The van der Waals surface area contributed by atoms with Gasteiger partial charge in [0.05, 0.1) is 6.26 Å². The largest absolute Gasteiger partial charge is 0.370 e. The minimum absolute atomic E-state index is 0.393. The molecule has 0 atom stereocenters. The summed E-state index contributed by atoms with van der Waals surface area (Å²) in [5, 5.41) is 2.98. The van der Waals surface area contributed by atoms with E-state index in [0.29, 0.717) is 25.5 Å². The van der Waals surface area contributed by atoms with Gasteiger partial charge >= 0.3 is 0 Å². The van der Waals surface area contributed by atoms with Gasteiger partial charge in [-0.15, -0.1) is 0 Å². The van der Waals surface area contributed by atoms with Gasteiger partial charge in [-0.05, 0) is 12.8 Å². The fourth-order valence-corrected chi connectivity index (χ4v) is 1.50. The van der Waals surface area contributed by atoms with Crippen molar-refractivity contribution in [2.45, 2.75) is 26.2 Å². The van der Waals surface area contributed by atoms with E-state index in [2.05, 4.69) is 22.0 Å². The van der Waals surface area contributed by atoms with Gasteiger partial charge in [-0.2, -0.15) is 0 Å². The summed E-state index contributed by atoms with van der Waals surface area (Å²) in [7, 11) is -3.09. The topological polar surface area (TPSA) is 96.6 Å². The maximum absolute atomic E-state index is 10.7. The van der Waals surface area contributed by atoms with Gasteiger partial charge in [0.2, 0.25) is 10.0 Å². The lowest BCUT2D eigenvalue weighted by atomic mass is 10.3. The first kappa shape index (κ1) is 15.2. The standard InChI is InChI=1S/C9H22N4O2S/c1-3-4-6-11-9(10)12-7-5-8-13-16(2,14)15/h13H,3-8H2,1-2H3,(H3,10,11,12). The molecule has 0 radical (unpaired) electrons. The van der Waals surface area contributed by atoms with E-state index in [1.165, 1.54) is 0 Å². The summed E-state index contributed by atoms with van der Waals surface area (Å²) >= 11 is 0. The molecule has 96 valence electrons. The number of rotatable bonds is 8. The van der Waals surface area contributed by atoms with Crippen LogP contribution in [0, 0.1) is 0 Å². The van der Waals surface area contributed by atoms with E-state index in [1.807, 2.05) is 0 Å². The molecule has 0 unspecified atom stereocenters. The number of hydrogen-bond donors (Lipinski definition) is 3. The molecule has 0 rings (SSSR count). The van der Waals surface area contributed by atoms with E-state index in [0.717, 1.165) is 25.6 Å². The predicted octanol–water partition coefficient (Wildman–Crippen LogP) is -0.370. The Morgan fingerprint density at radius 3 is 2.56 bits per heavy atom. The van der Waals surface area contributed by atoms with Crippen LogP contribution in [-0.4, -0.2) is 40.3 Å². The van der Waals surface area contributed by atoms with Gasteiger partial charge < -0.3 is 11.1 Å². The summed E-state index contributed by atoms with van der Waals surface area (Å²) in [5.41, 5.74) is 5.58. The van der Waals surface area contributed by atoms with Crippen molar-refractivity contribution in [1.29, 1.82) is 0 Å². The van der Waals surface area contributed by atoms with Crippen LogP contribution in [0.1, 0.15) is 26.2 Å². The number of nitrogens with zero attached hydrogens (tertiary/aromatic N) is 1. The molecule has 16 heavy (non-hydrogen) atoms. The van der Waals surface area contributed by atoms with E-state index < -0.39 is 10.0 Å². The number of nitrogens with one attached hydrogen (secondary N) is 2. The molecule has 0 bridgehead atoms. The first-order valence-electron chi connectivity index (χ1n) is 5.44. The second kappa shape index (κ2) is 8.35. The number of nitrogens with two attached hydrogens (primary N) is 1. The molecular formula is C9H22N4O2S. The number of guanidine groups is 1. The Morgan fingerprint density at radius 2 is 2.00 bits per heavy atom. The van der Waals surface area contributed by atoms with E-state index in [-0.39, 0.29) is 0 Å². The second-order valence-corrected chi connectivity index (χ2v) is 5.40. The number of hydrogen-bond acceptors (Lipinski definition) is 3. The molecule has 0 amide bonds. The molecule has 0 spiro atoms. The monoisotopic (exact) mass is 250 g/mol. The highest BCUT2D eigenvalue weighted by molar-refractivity contribution is 7.88. The Balaban J connectivity index is 3.51. The quantitative estimate of drug-likeness (QED) is 0.311. The third-order valence-electron chi connectivity index (χ3n) is 1.82. The van der Waals surface area contributed by atoms with Crippen LogP contribution in [-0.2, 0) is 10.0 Å². The van der Waals surface area contributed by atoms with E-state index in [4.69, 9.17) is 5.73 Å². The molecule has 7 heteroatoms. The van der Waals surface area contributed by atoms with Crippen LogP contribution in [0.2, 0.25) is 0 Å². The molecule has 0 aliphatic heterocycles. The van der Waals surface area contributed by atoms with E-state index >= 15 is 0 Å². The Labute approximate surface area is 97.8 Å². The maximum atomic E-state index is 10.7. The molecule has 6 nitrogen and oxygen atoms in total. The van der Waals surface area contributed by atoms with Crippen LogP contribution in [0.4, 0.5) is 0 Å². The molecule has 0 saturated heterocycles. The van der Waals surface area contributed by atoms with Crippen LogP contribution < -0.4 is 15.8 Å². The Bertz CT molecular complexity index is 301. The van der Waals surface area contributed by atoms with Crippen molar-refractivity contribution in [3.8, 4) is 0 Å².